The monoisotopic (exact) mass is 269 g/mol. The van der Waals surface area contributed by atoms with Crippen LogP contribution in [0.25, 0.3) is 0 Å². The molecule has 0 unspecified atom stereocenters. The smallest absolute Gasteiger partial charge is 0.338 e. The Balaban J connectivity index is 2.47. The van der Waals surface area contributed by atoms with Gasteiger partial charge in [-0.15, -0.1) is 0 Å². The number of esters is 1. The molecule has 0 saturated carbocycles. The quantitative estimate of drug-likeness (QED) is 0.858. The number of halogens is 1. The molecule has 98 valence electrons. The minimum absolute atomic E-state index is 0.293. The Kier molecular flexibility index (Phi) is 4.73. The Bertz CT molecular complexity index is 435. The van der Waals surface area contributed by atoms with Crippen LogP contribution in [0.1, 0.15) is 31.1 Å². The third-order valence-electron chi connectivity index (χ3n) is 1.93. The molecule has 0 radical (unpaired) electrons. The average molecular weight is 270 g/mol. The molecule has 0 aliphatic heterocycles. The number of rotatable bonds is 3. The number of carbonyl (C=O) groups is 2. The molecule has 4 nitrogen and oxygen atoms in total. The van der Waals surface area contributed by atoms with E-state index >= 15 is 0 Å². The fourth-order valence-electron chi connectivity index (χ4n) is 1.25. The summed E-state index contributed by atoms with van der Waals surface area (Å²) < 4.78 is 4.88. The van der Waals surface area contributed by atoms with Gasteiger partial charge in [-0.1, -0.05) is 11.6 Å². The molecule has 1 N–H and O–H groups in total. The van der Waals surface area contributed by atoms with E-state index in [1.165, 1.54) is 0 Å². The Morgan fingerprint density at radius 3 is 2.28 bits per heavy atom. The fourth-order valence-corrected chi connectivity index (χ4v) is 1.38. The summed E-state index contributed by atoms with van der Waals surface area (Å²) >= 11 is 5.70. The molecule has 0 aliphatic carbocycles. The van der Waals surface area contributed by atoms with Crippen molar-refractivity contribution in [3.63, 3.8) is 0 Å². The first-order chi connectivity index (χ1) is 8.28. The highest BCUT2D eigenvalue weighted by Crippen LogP contribution is 2.10. The van der Waals surface area contributed by atoms with Crippen LogP contribution in [0.3, 0.4) is 0 Å². The van der Waals surface area contributed by atoms with Crippen LogP contribution in [0.5, 0.6) is 0 Å². The van der Waals surface area contributed by atoms with Gasteiger partial charge in [0.15, 0.2) is 6.61 Å². The van der Waals surface area contributed by atoms with Crippen molar-refractivity contribution in [3.05, 3.63) is 34.9 Å². The van der Waals surface area contributed by atoms with Crippen LogP contribution < -0.4 is 5.32 Å². The van der Waals surface area contributed by atoms with Gasteiger partial charge in [0.05, 0.1) is 5.56 Å². The van der Waals surface area contributed by atoms with Crippen LogP contribution in [0.4, 0.5) is 0 Å². The molecule has 0 heterocycles. The number of hydrogen-bond donors (Lipinski definition) is 1. The number of hydrogen-bond acceptors (Lipinski definition) is 3. The van der Waals surface area contributed by atoms with Crippen molar-refractivity contribution >= 4 is 23.5 Å². The van der Waals surface area contributed by atoms with Crippen molar-refractivity contribution in [2.75, 3.05) is 6.61 Å². The van der Waals surface area contributed by atoms with E-state index in [-0.39, 0.29) is 18.1 Å². The lowest BCUT2D eigenvalue weighted by atomic mass is 10.1. The summed E-state index contributed by atoms with van der Waals surface area (Å²) in [7, 11) is 0. The number of nitrogens with one attached hydrogen (secondary N) is 1. The van der Waals surface area contributed by atoms with Gasteiger partial charge in [-0.25, -0.2) is 4.79 Å². The van der Waals surface area contributed by atoms with E-state index in [1.807, 2.05) is 20.8 Å². The standard InChI is InChI=1S/C13H16ClNO3/c1-13(2,3)15-11(16)8-18-12(17)9-4-6-10(14)7-5-9/h4-7H,8H2,1-3H3,(H,15,16). The lowest BCUT2D eigenvalue weighted by molar-refractivity contribution is -0.125. The molecule has 1 aromatic rings. The Morgan fingerprint density at radius 2 is 1.78 bits per heavy atom. The first kappa shape index (κ1) is 14.5. The summed E-state index contributed by atoms with van der Waals surface area (Å²) in [5.41, 5.74) is 0.0204. The fraction of sp³-hybridized carbons (Fsp3) is 0.385. The zero-order valence-electron chi connectivity index (χ0n) is 10.6. The van der Waals surface area contributed by atoms with Gasteiger partial charge in [-0.05, 0) is 45.0 Å². The van der Waals surface area contributed by atoms with E-state index in [2.05, 4.69) is 5.32 Å². The predicted octanol–water partition coefficient (Wildman–Crippen LogP) is 2.41. The van der Waals surface area contributed by atoms with Crippen molar-refractivity contribution in [2.45, 2.75) is 26.3 Å². The second-order valence-corrected chi connectivity index (χ2v) is 5.32. The van der Waals surface area contributed by atoms with E-state index in [0.717, 1.165) is 0 Å². The molecule has 0 aromatic heterocycles. The van der Waals surface area contributed by atoms with Gasteiger partial charge in [0.25, 0.3) is 5.91 Å². The second-order valence-electron chi connectivity index (χ2n) is 4.88. The lowest BCUT2D eigenvalue weighted by Gasteiger charge is -2.20. The largest absolute Gasteiger partial charge is 0.452 e. The zero-order chi connectivity index (χ0) is 13.8. The molecule has 5 heteroatoms. The number of benzene rings is 1. The molecule has 0 saturated heterocycles. The zero-order valence-corrected chi connectivity index (χ0v) is 11.4. The summed E-state index contributed by atoms with van der Waals surface area (Å²) in [6, 6.07) is 6.28. The molecule has 1 aromatic carbocycles. The average Bonchev–Trinajstić information content (AvgIpc) is 2.24. The number of carbonyl (C=O) groups excluding carboxylic acids is 2. The third kappa shape index (κ3) is 5.19. The van der Waals surface area contributed by atoms with Gasteiger partial charge in [0.2, 0.25) is 0 Å². The van der Waals surface area contributed by atoms with Crippen molar-refractivity contribution in [3.8, 4) is 0 Å². The molecule has 1 amide bonds. The van der Waals surface area contributed by atoms with E-state index in [1.54, 1.807) is 24.3 Å². The van der Waals surface area contributed by atoms with Gasteiger partial charge in [-0.2, -0.15) is 0 Å². The predicted molar refractivity (Wildman–Crippen MR) is 69.6 cm³/mol. The van der Waals surface area contributed by atoms with Crippen LogP contribution in [-0.2, 0) is 9.53 Å². The van der Waals surface area contributed by atoms with E-state index in [9.17, 15) is 9.59 Å². The summed E-state index contributed by atoms with van der Waals surface area (Å²) in [5.74, 6) is -0.875. The highest BCUT2D eigenvalue weighted by atomic mass is 35.5. The molecule has 1 rings (SSSR count). The minimum atomic E-state index is -0.546. The van der Waals surface area contributed by atoms with Crippen LogP contribution >= 0.6 is 11.6 Å². The molecule has 0 atom stereocenters. The van der Waals surface area contributed by atoms with Crippen molar-refractivity contribution in [1.29, 1.82) is 0 Å². The van der Waals surface area contributed by atoms with Crippen molar-refractivity contribution in [2.24, 2.45) is 0 Å². The van der Waals surface area contributed by atoms with Crippen molar-refractivity contribution in [1.82, 2.24) is 5.32 Å². The first-order valence-corrected chi connectivity index (χ1v) is 5.89. The summed E-state index contributed by atoms with van der Waals surface area (Å²) in [6.45, 7) is 5.27. The molecule has 0 spiro atoms. The normalized spacial score (nSPS) is 10.9. The molecular formula is C13H16ClNO3. The Morgan fingerprint density at radius 1 is 1.22 bits per heavy atom. The van der Waals surface area contributed by atoms with Gasteiger partial charge in [0, 0.05) is 10.6 Å². The van der Waals surface area contributed by atoms with Crippen molar-refractivity contribution < 1.29 is 14.3 Å². The van der Waals surface area contributed by atoms with E-state index in [0.29, 0.717) is 10.6 Å². The maximum atomic E-state index is 11.6. The van der Waals surface area contributed by atoms with Gasteiger partial charge in [0.1, 0.15) is 0 Å². The number of amides is 1. The highest BCUT2D eigenvalue weighted by Gasteiger charge is 2.15. The van der Waals surface area contributed by atoms with Crippen LogP contribution in [-0.4, -0.2) is 24.0 Å². The van der Waals surface area contributed by atoms with Crippen LogP contribution in [0.15, 0.2) is 24.3 Å². The molecule has 0 aliphatic rings. The Hall–Kier alpha value is -1.55. The van der Waals surface area contributed by atoms with Gasteiger partial charge in [-0.3, -0.25) is 4.79 Å². The topological polar surface area (TPSA) is 55.4 Å². The maximum Gasteiger partial charge on any atom is 0.338 e. The van der Waals surface area contributed by atoms with Crippen LogP contribution in [0.2, 0.25) is 5.02 Å². The van der Waals surface area contributed by atoms with E-state index in [4.69, 9.17) is 16.3 Å². The molecular weight excluding hydrogens is 254 g/mol. The summed E-state index contributed by atoms with van der Waals surface area (Å²) in [4.78, 5) is 23.0. The maximum absolute atomic E-state index is 11.6. The second kappa shape index (κ2) is 5.87. The SMILES string of the molecule is CC(C)(C)NC(=O)COC(=O)c1ccc(Cl)cc1. The lowest BCUT2D eigenvalue weighted by Crippen LogP contribution is -2.42. The van der Waals surface area contributed by atoms with E-state index < -0.39 is 5.97 Å². The molecule has 18 heavy (non-hydrogen) atoms. The number of ether oxygens (including phenoxy) is 1. The minimum Gasteiger partial charge on any atom is -0.452 e. The summed E-state index contributed by atoms with van der Waals surface area (Å²) in [6.07, 6.45) is 0. The molecule has 0 fully saturated rings. The van der Waals surface area contributed by atoms with Gasteiger partial charge < -0.3 is 10.1 Å². The van der Waals surface area contributed by atoms with Gasteiger partial charge >= 0.3 is 5.97 Å². The molecule has 0 bridgehead atoms. The Labute approximate surface area is 111 Å². The van der Waals surface area contributed by atoms with Crippen LogP contribution in [0, 0.1) is 0 Å². The summed E-state index contributed by atoms with van der Waals surface area (Å²) in [5, 5.41) is 3.24. The third-order valence-corrected chi connectivity index (χ3v) is 2.18. The first-order valence-electron chi connectivity index (χ1n) is 5.51. The highest BCUT2D eigenvalue weighted by molar-refractivity contribution is 6.30.